The molecule has 0 aliphatic rings. The van der Waals surface area contributed by atoms with Crippen molar-refractivity contribution in [3.05, 3.63) is 5.51 Å². The zero-order valence-electron chi connectivity index (χ0n) is 5.92. The van der Waals surface area contributed by atoms with Gasteiger partial charge >= 0.3 is 0 Å². The molecule has 0 saturated carbocycles. The van der Waals surface area contributed by atoms with E-state index in [2.05, 4.69) is 9.97 Å². The smallest absolute Gasteiger partial charge is 0.180 e. The van der Waals surface area contributed by atoms with Crippen molar-refractivity contribution < 1.29 is 4.74 Å². The molecule has 0 radical (unpaired) electrons. The van der Waals surface area contributed by atoms with Gasteiger partial charge in [-0.15, -0.1) is 11.3 Å². The van der Waals surface area contributed by atoms with Crippen LogP contribution >= 0.6 is 11.3 Å². The maximum absolute atomic E-state index is 5.59. The second kappa shape index (κ2) is 2.13. The zero-order valence-corrected chi connectivity index (χ0v) is 6.73. The fraction of sp³-hybridized carbons (Fsp3) is 0.167. The van der Waals surface area contributed by atoms with E-state index < -0.39 is 0 Å². The van der Waals surface area contributed by atoms with Crippen LogP contribution in [0.3, 0.4) is 0 Å². The van der Waals surface area contributed by atoms with Crippen molar-refractivity contribution in [1.82, 2.24) is 9.97 Å². The van der Waals surface area contributed by atoms with Gasteiger partial charge in [0.25, 0.3) is 0 Å². The normalized spacial score (nSPS) is 10.6. The zero-order chi connectivity index (χ0) is 7.84. The summed E-state index contributed by atoms with van der Waals surface area (Å²) < 4.78 is 6.05. The van der Waals surface area contributed by atoms with E-state index in [1.165, 1.54) is 11.3 Å². The molecule has 0 saturated heterocycles. The molecule has 0 spiro atoms. The maximum atomic E-state index is 5.59. The molecule has 4 nitrogen and oxygen atoms in total. The molecular weight excluding hydrogens is 162 g/mol. The van der Waals surface area contributed by atoms with Crippen LogP contribution in [0.1, 0.15) is 0 Å². The van der Waals surface area contributed by atoms with Crippen LogP contribution in [0.2, 0.25) is 0 Å². The number of anilines is 1. The highest BCUT2D eigenvalue weighted by molar-refractivity contribution is 7.17. The summed E-state index contributed by atoms with van der Waals surface area (Å²) in [5, 5.41) is 0. The molecule has 0 amide bonds. The first kappa shape index (κ1) is 6.48. The number of thiazole rings is 1. The molecule has 2 heterocycles. The third-order valence-corrected chi connectivity index (χ3v) is 2.30. The van der Waals surface area contributed by atoms with Gasteiger partial charge in [-0.1, -0.05) is 0 Å². The number of ether oxygens (including phenoxy) is 1. The van der Waals surface area contributed by atoms with E-state index in [0.717, 1.165) is 10.3 Å². The lowest BCUT2D eigenvalue weighted by Gasteiger charge is -1.94. The van der Waals surface area contributed by atoms with Crippen molar-refractivity contribution in [1.29, 1.82) is 0 Å². The van der Waals surface area contributed by atoms with Gasteiger partial charge in [-0.25, -0.2) is 4.98 Å². The summed E-state index contributed by atoms with van der Waals surface area (Å²) in [6.45, 7) is 0. The molecule has 2 aromatic rings. The van der Waals surface area contributed by atoms with E-state index in [-0.39, 0.29) is 0 Å². The third-order valence-electron chi connectivity index (χ3n) is 1.48. The van der Waals surface area contributed by atoms with E-state index >= 15 is 0 Å². The number of nitrogen functional groups attached to an aromatic ring is 1. The molecular formula is C6H7N3OS. The average Bonchev–Trinajstić information content (AvgIpc) is 2.46. The van der Waals surface area contributed by atoms with Gasteiger partial charge in [0.15, 0.2) is 11.4 Å². The fourth-order valence-electron chi connectivity index (χ4n) is 1.01. The van der Waals surface area contributed by atoms with Gasteiger partial charge in [-0.3, -0.25) is 0 Å². The molecule has 0 unspecified atom stereocenters. The van der Waals surface area contributed by atoms with Crippen molar-refractivity contribution in [3.8, 4) is 5.75 Å². The van der Waals surface area contributed by atoms with Crippen molar-refractivity contribution in [2.45, 2.75) is 0 Å². The molecule has 5 heteroatoms. The van der Waals surface area contributed by atoms with Gasteiger partial charge in [0.1, 0.15) is 10.5 Å². The van der Waals surface area contributed by atoms with Crippen LogP contribution in [-0.2, 0) is 0 Å². The molecule has 0 fully saturated rings. The summed E-state index contributed by atoms with van der Waals surface area (Å²) >= 11 is 1.51. The predicted octanol–water partition coefficient (Wildman–Crippen LogP) is 1.22. The van der Waals surface area contributed by atoms with Crippen LogP contribution in [0.25, 0.3) is 10.3 Å². The summed E-state index contributed by atoms with van der Waals surface area (Å²) in [6, 6.07) is 0. The lowest BCUT2D eigenvalue weighted by atomic mass is 10.5. The van der Waals surface area contributed by atoms with Crippen molar-refractivity contribution in [2.24, 2.45) is 0 Å². The topological polar surface area (TPSA) is 63.9 Å². The minimum absolute atomic E-state index is 0.543. The van der Waals surface area contributed by atoms with Gasteiger partial charge in [0.05, 0.1) is 12.6 Å². The van der Waals surface area contributed by atoms with Crippen LogP contribution in [-0.4, -0.2) is 17.1 Å². The van der Waals surface area contributed by atoms with Crippen LogP contribution in [0, 0.1) is 0 Å². The quantitative estimate of drug-likeness (QED) is 0.674. The molecule has 11 heavy (non-hydrogen) atoms. The molecule has 2 rings (SSSR count). The largest absolute Gasteiger partial charge is 0.491 e. The molecule has 0 aliphatic carbocycles. The van der Waals surface area contributed by atoms with Gasteiger partial charge in [-0.2, -0.15) is 0 Å². The van der Waals surface area contributed by atoms with Crippen LogP contribution < -0.4 is 10.5 Å². The Kier molecular flexibility index (Phi) is 1.25. The standard InChI is InChI=1S/C6H7N3OS/c1-10-3-4-6(8-2-11-4)9-5(3)7/h2,9H,7H2,1H3. The van der Waals surface area contributed by atoms with E-state index in [1.54, 1.807) is 12.6 Å². The number of hydrogen-bond donors (Lipinski definition) is 2. The first-order valence-corrected chi connectivity index (χ1v) is 3.95. The Morgan fingerprint density at radius 3 is 3.27 bits per heavy atom. The number of hydrogen-bond acceptors (Lipinski definition) is 4. The number of nitrogens with zero attached hydrogens (tertiary/aromatic N) is 1. The third kappa shape index (κ3) is 0.775. The molecule has 0 aromatic carbocycles. The molecule has 58 valence electrons. The van der Waals surface area contributed by atoms with Gasteiger partial charge in [-0.05, 0) is 0 Å². The van der Waals surface area contributed by atoms with Crippen molar-refractivity contribution in [3.63, 3.8) is 0 Å². The second-order valence-corrected chi connectivity index (χ2v) is 2.96. The summed E-state index contributed by atoms with van der Waals surface area (Å²) in [5.41, 5.74) is 8.14. The number of methoxy groups -OCH3 is 1. The van der Waals surface area contributed by atoms with E-state index in [1.807, 2.05) is 0 Å². The Morgan fingerprint density at radius 2 is 2.55 bits per heavy atom. The van der Waals surface area contributed by atoms with Crippen molar-refractivity contribution >= 4 is 27.5 Å². The van der Waals surface area contributed by atoms with Gasteiger partial charge in [0.2, 0.25) is 0 Å². The van der Waals surface area contributed by atoms with Crippen LogP contribution in [0.4, 0.5) is 5.82 Å². The first-order valence-electron chi connectivity index (χ1n) is 3.07. The van der Waals surface area contributed by atoms with Gasteiger partial charge < -0.3 is 15.5 Å². The maximum Gasteiger partial charge on any atom is 0.180 e. The summed E-state index contributed by atoms with van der Waals surface area (Å²) in [7, 11) is 1.60. The number of nitrogens with two attached hydrogens (primary N) is 1. The number of fused-ring (bicyclic) bond motifs is 1. The number of aromatic amines is 1. The minimum Gasteiger partial charge on any atom is -0.491 e. The Hall–Kier alpha value is -1.23. The Labute approximate surface area is 67.0 Å². The highest BCUT2D eigenvalue weighted by atomic mass is 32.1. The van der Waals surface area contributed by atoms with E-state index in [0.29, 0.717) is 11.6 Å². The lowest BCUT2D eigenvalue weighted by Crippen LogP contribution is -1.88. The van der Waals surface area contributed by atoms with E-state index in [9.17, 15) is 0 Å². The number of nitrogens with one attached hydrogen (secondary N) is 1. The van der Waals surface area contributed by atoms with Gasteiger partial charge in [0, 0.05) is 0 Å². The van der Waals surface area contributed by atoms with Crippen molar-refractivity contribution in [2.75, 3.05) is 12.8 Å². The molecule has 0 bridgehead atoms. The molecule has 0 atom stereocenters. The number of aromatic nitrogens is 2. The summed E-state index contributed by atoms with van der Waals surface area (Å²) in [5.74, 6) is 1.24. The lowest BCUT2D eigenvalue weighted by molar-refractivity contribution is 0.422. The Bertz CT molecular complexity index is 378. The molecule has 3 N–H and O–H groups in total. The SMILES string of the molecule is COc1c(N)[nH]c2ncsc12. The molecule has 0 aliphatic heterocycles. The Morgan fingerprint density at radius 1 is 1.73 bits per heavy atom. The van der Waals surface area contributed by atoms with E-state index in [4.69, 9.17) is 10.5 Å². The monoisotopic (exact) mass is 169 g/mol. The van der Waals surface area contributed by atoms with Crippen LogP contribution in [0.5, 0.6) is 5.75 Å². The van der Waals surface area contributed by atoms with Crippen LogP contribution in [0.15, 0.2) is 5.51 Å². The highest BCUT2D eigenvalue weighted by Gasteiger charge is 2.10. The summed E-state index contributed by atoms with van der Waals surface area (Å²) in [6.07, 6.45) is 0. The Balaban J connectivity index is 2.80. The summed E-state index contributed by atoms with van der Waals surface area (Å²) in [4.78, 5) is 6.96. The molecule has 2 aromatic heterocycles. The number of rotatable bonds is 1. The fourth-order valence-corrected chi connectivity index (χ4v) is 1.78. The highest BCUT2D eigenvalue weighted by Crippen LogP contribution is 2.33. The minimum atomic E-state index is 0.543. The number of H-pyrrole nitrogens is 1. The second-order valence-electron chi connectivity index (χ2n) is 2.10. The predicted molar refractivity (Wildman–Crippen MR) is 44.9 cm³/mol. The first-order chi connectivity index (χ1) is 5.33. The average molecular weight is 169 g/mol.